The van der Waals surface area contributed by atoms with Crippen molar-refractivity contribution in [2.45, 2.75) is 17.7 Å². The molecule has 0 bridgehead atoms. The van der Waals surface area contributed by atoms with Crippen LogP contribution in [-0.4, -0.2) is 33.8 Å². The molecule has 1 unspecified atom stereocenters. The highest BCUT2D eigenvalue weighted by Gasteiger charge is 2.53. The number of hydrogen-bond donors (Lipinski definition) is 2. The summed E-state index contributed by atoms with van der Waals surface area (Å²) in [6, 6.07) is 8.30. The van der Waals surface area contributed by atoms with E-state index in [4.69, 9.17) is 10.2 Å². The summed E-state index contributed by atoms with van der Waals surface area (Å²) in [6.45, 7) is 0. The van der Waals surface area contributed by atoms with Crippen LogP contribution < -0.4 is 0 Å². The van der Waals surface area contributed by atoms with E-state index in [1.165, 1.54) is 0 Å². The average molecular weight is 307 g/mol. The first-order valence-corrected chi connectivity index (χ1v) is 4.94. The topological polar surface area (TPSA) is 57.5 Å². The minimum absolute atomic E-state index is 0.331. The summed E-state index contributed by atoms with van der Waals surface area (Å²) in [5.74, 6) is -0.879. The van der Waals surface area contributed by atoms with Gasteiger partial charge < -0.3 is 10.2 Å². The molecule has 108 valence electrons. The molecule has 0 aromatic heterocycles. The molecular weight excluding hydrogens is 299 g/mol. The molecule has 0 amide bonds. The van der Waals surface area contributed by atoms with Gasteiger partial charge in [0.1, 0.15) is 0 Å². The smallest absolute Gasteiger partial charge is 0.421 e. The highest BCUT2D eigenvalue weighted by atomic mass is 35.5. The van der Waals surface area contributed by atoms with Crippen LogP contribution in [0, 0.1) is 0 Å². The van der Waals surface area contributed by atoms with Gasteiger partial charge in [0.05, 0.1) is 5.56 Å². The van der Waals surface area contributed by atoms with E-state index in [0.29, 0.717) is 5.56 Å². The Kier molecular flexibility index (Phi) is 6.17. The van der Waals surface area contributed by atoms with Crippen LogP contribution in [0.3, 0.4) is 0 Å². The van der Waals surface area contributed by atoms with Gasteiger partial charge in [-0.05, 0) is 23.7 Å². The fourth-order valence-electron chi connectivity index (χ4n) is 0.766. The molecule has 0 radical (unpaired) electrons. The standard InChI is InChI=1S/C7H6O2.C3H2ClF5O/c8-7(9)6-4-2-1-3-5-6;4-2(5,6)1(10)3(7,8)9/h1-5H,(H,8,9);1,10H. The van der Waals surface area contributed by atoms with Crippen molar-refractivity contribution in [1.82, 2.24) is 0 Å². The van der Waals surface area contributed by atoms with Crippen LogP contribution in [0.1, 0.15) is 10.4 Å². The highest BCUT2D eigenvalue weighted by Crippen LogP contribution is 2.34. The maximum atomic E-state index is 11.4. The Morgan fingerprint density at radius 2 is 1.53 bits per heavy atom. The summed E-state index contributed by atoms with van der Waals surface area (Å²) in [7, 11) is 0. The molecule has 1 aromatic carbocycles. The highest BCUT2D eigenvalue weighted by molar-refractivity contribution is 6.22. The van der Waals surface area contributed by atoms with E-state index in [0.717, 1.165) is 0 Å². The molecule has 0 saturated heterocycles. The summed E-state index contributed by atoms with van der Waals surface area (Å²) < 4.78 is 56.2. The number of carboxylic acids is 1. The van der Waals surface area contributed by atoms with Crippen LogP contribution in [0.5, 0.6) is 0 Å². The molecule has 0 fully saturated rings. The molecule has 0 aliphatic rings. The van der Waals surface area contributed by atoms with Gasteiger partial charge in [0.25, 0.3) is 0 Å². The molecule has 1 rings (SSSR count). The maximum Gasteiger partial charge on any atom is 0.421 e. The third-order valence-corrected chi connectivity index (χ3v) is 1.85. The van der Waals surface area contributed by atoms with Crippen molar-refractivity contribution in [2.24, 2.45) is 0 Å². The molecule has 0 heterocycles. The summed E-state index contributed by atoms with van der Waals surface area (Å²) in [4.78, 5) is 10.2. The van der Waals surface area contributed by atoms with E-state index in [-0.39, 0.29) is 0 Å². The van der Waals surface area contributed by atoms with Gasteiger partial charge in [-0.2, -0.15) is 22.0 Å². The van der Waals surface area contributed by atoms with E-state index in [9.17, 15) is 26.7 Å². The Morgan fingerprint density at radius 3 is 1.68 bits per heavy atom. The quantitative estimate of drug-likeness (QED) is 0.652. The van der Waals surface area contributed by atoms with Gasteiger partial charge in [0.15, 0.2) is 0 Å². The molecule has 19 heavy (non-hydrogen) atoms. The van der Waals surface area contributed by atoms with E-state index < -0.39 is 23.6 Å². The number of rotatable bonds is 2. The van der Waals surface area contributed by atoms with E-state index >= 15 is 0 Å². The van der Waals surface area contributed by atoms with Gasteiger partial charge in [-0.15, -0.1) is 0 Å². The lowest BCUT2D eigenvalue weighted by Crippen LogP contribution is -2.41. The lowest BCUT2D eigenvalue weighted by atomic mass is 10.2. The monoisotopic (exact) mass is 306 g/mol. The van der Waals surface area contributed by atoms with Gasteiger partial charge in [0.2, 0.25) is 6.10 Å². The van der Waals surface area contributed by atoms with Gasteiger partial charge in [-0.25, -0.2) is 4.79 Å². The molecule has 0 spiro atoms. The van der Waals surface area contributed by atoms with Gasteiger partial charge in [-0.3, -0.25) is 0 Å². The number of halogens is 6. The molecular formula is C10H8ClF5O3. The normalized spacial score (nSPS) is 13.2. The van der Waals surface area contributed by atoms with Gasteiger partial charge >= 0.3 is 17.5 Å². The summed E-state index contributed by atoms with van der Waals surface area (Å²) >= 11 is 3.86. The van der Waals surface area contributed by atoms with Crippen molar-refractivity contribution in [1.29, 1.82) is 0 Å². The van der Waals surface area contributed by atoms with Crippen molar-refractivity contribution in [2.75, 3.05) is 0 Å². The zero-order valence-electron chi connectivity index (χ0n) is 9.03. The third kappa shape index (κ3) is 6.92. The minimum atomic E-state index is -5.38. The van der Waals surface area contributed by atoms with Gasteiger partial charge in [0, 0.05) is 0 Å². The number of hydrogen-bond acceptors (Lipinski definition) is 2. The van der Waals surface area contributed by atoms with Crippen molar-refractivity contribution >= 4 is 17.6 Å². The number of aromatic carboxylic acids is 1. The number of carbonyl (C=O) groups is 1. The SMILES string of the molecule is O=C(O)c1ccccc1.OC(C(F)(F)F)C(F)(F)Cl. The molecule has 0 aliphatic heterocycles. The lowest BCUT2D eigenvalue weighted by Gasteiger charge is -2.17. The Morgan fingerprint density at radius 1 is 1.11 bits per heavy atom. The molecule has 2 N–H and O–H groups in total. The Labute approximate surface area is 109 Å². The first-order valence-electron chi connectivity index (χ1n) is 4.56. The van der Waals surface area contributed by atoms with Crippen molar-refractivity contribution in [3.05, 3.63) is 35.9 Å². The molecule has 0 aliphatic carbocycles. The predicted molar refractivity (Wildman–Crippen MR) is 56.3 cm³/mol. The first kappa shape index (κ1) is 17.6. The third-order valence-electron chi connectivity index (χ3n) is 1.64. The molecule has 3 nitrogen and oxygen atoms in total. The molecule has 0 saturated carbocycles. The molecule has 1 atom stereocenters. The van der Waals surface area contributed by atoms with E-state index in [1.807, 2.05) is 0 Å². The van der Waals surface area contributed by atoms with Crippen molar-refractivity contribution in [3.63, 3.8) is 0 Å². The lowest BCUT2D eigenvalue weighted by molar-refractivity contribution is -0.247. The fourth-order valence-corrected chi connectivity index (χ4v) is 0.890. The second-order valence-electron chi connectivity index (χ2n) is 3.16. The Balaban J connectivity index is 0.000000342. The second kappa shape index (κ2) is 6.67. The maximum absolute atomic E-state index is 11.4. The van der Waals surface area contributed by atoms with Crippen LogP contribution in [0.2, 0.25) is 0 Å². The summed E-state index contributed by atoms with van der Waals surface area (Å²) in [5, 5.41) is 11.4. The molecule has 1 aromatic rings. The summed E-state index contributed by atoms with van der Waals surface area (Å²) in [6.07, 6.45) is -9.19. The number of aliphatic hydroxyl groups is 1. The number of carboxylic acid groups (broad SMARTS) is 1. The van der Waals surface area contributed by atoms with E-state index in [1.54, 1.807) is 30.3 Å². The van der Waals surface area contributed by atoms with Crippen molar-refractivity contribution in [3.8, 4) is 0 Å². The van der Waals surface area contributed by atoms with Gasteiger partial charge in [-0.1, -0.05) is 18.2 Å². The molecule has 9 heteroatoms. The Hall–Kier alpha value is -1.41. The number of benzene rings is 1. The fraction of sp³-hybridized carbons (Fsp3) is 0.300. The van der Waals surface area contributed by atoms with Crippen LogP contribution >= 0.6 is 11.6 Å². The predicted octanol–water partition coefficient (Wildman–Crippen LogP) is 3.13. The van der Waals surface area contributed by atoms with Crippen molar-refractivity contribution < 1.29 is 37.0 Å². The first-order chi connectivity index (χ1) is 8.46. The average Bonchev–Trinajstić information content (AvgIpc) is 2.27. The largest absolute Gasteiger partial charge is 0.478 e. The Bertz CT molecular complexity index is 388. The minimum Gasteiger partial charge on any atom is -0.478 e. The van der Waals surface area contributed by atoms with Crippen LogP contribution in [0.25, 0.3) is 0 Å². The zero-order chi connectivity index (χ0) is 15.3. The van der Waals surface area contributed by atoms with E-state index in [2.05, 4.69) is 11.6 Å². The summed E-state index contributed by atoms with van der Waals surface area (Å²) in [5.41, 5.74) is 0.331. The van der Waals surface area contributed by atoms with Crippen LogP contribution in [0.4, 0.5) is 22.0 Å². The van der Waals surface area contributed by atoms with Crippen LogP contribution in [0.15, 0.2) is 30.3 Å². The second-order valence-corrected chi connectivity index (χ2v) is 3.66. The van der Waals surface area contributed by atoms with Crippen LogP contribution in [-0.2, 0) is 0 Å². The zero-order valence-corrected chi connectivity index (χ0v) is 9.79. The number of aliphatic hydroxyl groups excluding tert-OH is 1. The number of alkyl halides is 6.